The van der Waals surface area contributed by atoms with Crippen molar-refractivity contribution >= 4 is 5.82 Å². The number of rotatable bonds is 1. The van der Waals surface area contributed by atoms with E-state index in [2.05, 4.69) is 10.3 Å². The van der Waals surface area contributed by atoms with Crippen LogP contribution in [0.1, 0.15) is 0 Å². The molecule has 0 aromatic carbocycles. The summed E-state index contributed by atoms with van der Waals surface area (Å²) >= 11 is 0. The highest BCUT2D eigenvalue weighted by Crippen LogP contribution is 1.96. The Morgan fingerprint density at radius 1 is 1.56 bits per heavy atom. The zero-order valence-corrected chi connectivity index (χ0v) is 4.70. The van der Waals surface area contributed by atoms with Gasteiger partial charge in [0.05, 0.1) is 0 Å². The fourth-order valence-electron chi connectivity index (χ4n) is 0.494. The standard InChI is InChI=1S/C6H5N3/c7-5-9-6-3-1-2-4-8-6/h1-4H,(H,8,9). The number of anilines is 1. The fourth-order valence-corrected chi connectivity index (χ4v) is 0.494. The van der Waals surface area contributed by atoms with Crippen molar-refractivity contribution in [1.29, 1.82) is 5.26 Å². The number of pyridine rings is 1. The van der Waals surface area contributed by atoms with Gasteiger partial charge in [0.15, 0.2) is 6.19 Å². The van der Waals surface area contributed by atoms with Crippen molar-refractivity contribution in [1.82, 2.24) is 4.98 Å². The van der Waals surface area contributed by atoms with Crippen molar-refractivity contribution in [2.24, 2.45) is 0 Å². The third-order valence-electron chi connectivity index (χ3n) is 0.849. The van der Waals surface area contributed by atoms with E-state index in [1.54, 1.807) is 24.5 Å². The summed E-state index contributed by atoms with van der Waals surface area (Å²) in [6.07, 6.45) is 3.40. The molecule has 0 atom stereocenters. The molecule has 0 aliphatic carbocycles. The van der Waals surface area contributed by atoms with Gasteiger partial charge in [-0.2, -0.15) is 5.26 Å². The summed E-state index contributed by atoms with van der Waals surface area (Å²) in [4.78, 5) is 3.83. The first kappa shape index (κ1) is 5.57. The van der Waals surface area contributed by atoms with E-state index >= 15 is 0 Å². The number of nitrogens with one attached hydrogen (secondary N) is 1. The quantitative estimate of drug-likeness (QED) is 0.442. The lowest BCUT2D eigenvalue weighted by Gasteiger charge is -1.90. The Kier molecular flexibility index (Phi) is 1.66. The second-order valence-corrected chi connectivity index (χ2v) is 1.45. The first-order valence-corrected chi connectivity index (χ1v) is 2.49. The van der Waals surface area contributed by atoms with Crippen molar-refractivity contribution in [3.05, 3.63) is 24.4 Å². The second kappa shape index (κ2) is 2.68. The van der Waals surface area contributed by atoms with Gasteiger partial charge in [0, 0.05) is 6.20 Å². The molecule has 0 spiro atoms. The Labute approximate surface area is 53.0 Å². The van der Waals surface area contributed by atoms with Gasteiger partial charge in [0.2, 0.25) is 0 Å². The largest absolute Gasteiger partial charge is 0.277 e. The van der Waals surface area contributed by atoms with Crippen molar-refractivity contribution in [2.75, 3.05) is 5.32 Å². The minimum absolute atomic E-state index is 0.583. The highest BCUT2D eigenvalue weighted by molar-refractivity contribution is 5.37. The summed E-state index contributed by atoms with van der Waals surface area (Å²) < 4.78 is 0. The van der Waals surface area contributed by atoms with Crippen LogP contribution < -0.4 is 5.32 Å². The summed E-state index contributed by atoms with van der Waals surface area (Å²) in [6, 6.07) is 5.33. The van der Waals surface area contributed by atoms with Gasteiger partial charge in [0.25, 0.3) is 0 Å². The Balaban J connectivity index is 2.76. The van der Waals surface area contributed by atoms with Crippen LogP contribution in [-0.2, 0) is 0 Å². The third kappa shape index (κ3) is 1.42. The van der Waals surface area contributed by atoms with Gasteiger partial charge in [-0.25, -0.2) is 4.98 Å². The van der Waals surface area contributed by atoms with Crippen LogP contribution >= 0.6 is 0 Å². The molecular formula is C6H5N3. The van der Waals surface area contributed by atoms with Gasteiger partial charge < -0.3 is 0 Å². The fraction of sp³-hybridized carbons (Fsp3) is 0. The van der Waals surface area contributed by atoms with Crippen LogP contribution in [0, 0.1) is 11.5 Å². The van der Waals surface area contributed by atoms with Crippen LogP contribution in [-0.4, -0.2) is 4.98 Å². The molecule has 44 valence electrons. The van der Waals surface area contributed by atoms with Crippen LogP contribution in [0.3, 0.4) is 0 Å². The average molecular weight is 119 g/mol. The van der Waals surface area contributed by atoms with E-state index in [-0.39, 0.29) is 0 Å². The summed E-state index contributed by atoms with van der Waals surface area (Å²) in [5, 5.41) is 10.5. The second-order valence-electron chi connectivity index (χ2n) is 1.45. The zero-order valence-electron chi connectivity index (χ0n) is 4.70. The van der Waals surface area contributed by atoms with Gasteiger partial charge in [-0.15, -0.1) is 0 Å². The van der Waals surface area contributed by atoms with E-state index in [0.717, 1.165) is 0 Å². The van der Waals surface area contributed by atoms with Gasteiger partial charge in [-0.1, -0.05) is 6.07 Å². The molecule has 0 bridgehead atoms. The molecule has 0 unspecified atom stereocenters. The molecule has 0 aliphatic heterocycles. The number of hydrogen-bond donors (Lipinski definition) is 1. The molecule has 1 rings (SSSR count). The number of hydrogen-bond acceptors (Lipinski definition) is 3. The first-order valence-electron chi connectivity index (χ1n) is 2.49. The average Bonchev–Trinajstić information content (AvgIpc) is 1.91. The van der Waals surface area contributed by atoms with E-state index in [0.29, 0.717) is 5.82 Å². The highest BCUT2D eigenvalue weighted by Gasteiger charge is 1.83. The van der Waals surface area contributed by atoms with E-state index < -0.39 is 0 Å². The Hall–Kier alpha value is -1.56. The van der Waals surface area contributed by atoms with Crippen LogP contribution in [0.2, 0.25) is 0 Å². The molecular weight excluding hydrogens is 114 g/mol. The SMILES string of the molecule is N#CNc1ccccn1. The number of aromatic nitrogens is 1. The van der Waals surface area contributed by atoms with E-state index in [9.17, 15) is 0 Å². The molecule has 0 aliphatic rings. The van der Waals surface area contributed by atoms with Gasteiger partial charge in [-0.3, -0.25) is 5.32 Å². The van der Waals surface area contributed by atoms with Crippen molar-refractivity contribution in [3.8, 4) is 6.19 Å². The van der Waals surface area contributed by atoms with Crippen LogP contribution in [0.25, 0.3) is 0 Å². The van der Waals surface area contributed by atoms with Crippen molar-refractivity contribution in [3.63, 3.8) is 0 Å². The lowest BCUT2D eigenvalue weighted by molar-refractivity contribution is 1.30. The maximum absolute atomic E-state index is 8.12. The van der Waals surface area contributed by atoms with Crippen LogP contribution in [0.15, 0.2) is 24.4 Å². The Morgan fingerprint density at radius 3 is 3.00 bits per heavy atom. The molecule has 1 N–H and O–H groups in total. The number of nitriles is 1. The Morgan fingerprint density at radius 2 is 2.44 bits per heavy atom. The molecule has 3 heteroatoms. The molecule has 1 aromatic rings. The van der Waals surface area contributed by atoms with Crippen LogP contribution in [0.5, 0.6) is 0 Å². The minimum Gasteiger partial charge on any atom is -0.277 e. The molecule has 3 nitrogen and oxygen atoms in total. The lowest BCUT2D eigenvalue weighted by atomic mass is 10.5. The monoisotopic (exact) mass is 119 g/mol. The summed E-state index contributed by atoms with van der Waals surface area (Å²) in [7, 11) is 0. The smallest absolute Gasteiger partial charge is 0.182 e. The molecule has 0 saturated heterocycles. The first-order chi connectivity index (χ1) is 4.43. The predicted molar refractivity (Wildman–Crippen MR) is 33.5 cm³/mol. The molecule has 0 fully saturated rings. The maximum atomic E-state index is 8.12. The molecule has 9 heavy (non-hydrogen) atoms. The van der Waals surface area contributed by atoms with Crippen LogP contribution in [0.4, 0.5) is 5.82 Å². The molecule has 0 saturated carbocycles. The molecule has 0 radical (unpaired) electrons. The summed E-state index contributed by atoms with van der Waals surface area (Å²) in [5.41, 5.74) is 0. The van der Waals surface area contributed by atoms with Crippen molar-refractivity contribution in [2.45, 2.75) is 0 Å². The topological polar surface area (TPSA) is 48.7 Å². The zero-order chi connectivity index (χ0) is 6.53. The minimum atomic E-state index is 0.583. The number of nitrogens with zero attached hydrogens (tertiary/aromatic N) is 2. The predicted octanol–water partition coefficient (Wildman–Crippen LogP) is 0.975. The van der Waals surface area contributed by atoms with E-state index in [1.807, 2.05) is 6.07 Å². The third-order valence-corrected chi connectivity index (χ3v) is 0.849. The van der Waals surface area contributed by atoms with Gasteiger partial charge >= 0.3 is 0 Å². The maximum Gasteiger partial charge on any atom is 0.182 e. The summed E-state index contributed by atoms with van der Waals surface area (Å²) in [6.45, 7) is 0. The molecule has 1 aromatic heterocycles. The van der Waals surface area contributed by atoms with Gasteiger partial charge in [0.1, 0.15) is 5.82 Å². The highest BCUT2D eigenvalue weighted by atomic mass is 15.0. The van der Waals surface area contributed by atoms with Crippen molar-refractivity contribution < 1.29 is 0 Å². The Bertz CT molecular complexity index is 211. The van der Waals surface area contributed by atoms with Gasteiger partial charge in [-0.05, 0) is 12.1 Å². The lowest BCUT2D eigenvalue weighted by Crippen LogP contribution is -1.88. The normalized spacial score (nSPS) is 7.89. The van der Waals surface area contributed by atoms with E-state index in [1.165, 1.54) is 0 Å². The molecule has 0 amide bonds. The molecule has 1 heterocycles. The van der Waals surface area contributed by atoms with E-state index in [4.69, 9.17) is 5.26 Å². The summed E-state index contributed by atoms with van der Waals surface area (Å²) in [5.74, 6) is 0.583.